The Kier molecular flexibility index (Phi) is 5.85. The molecule has 2 aromatic rings. The number of anilines is 2. The summed E-state index contributed by atoms with van der Waals surface area (Å²) in [5.41, 5.74) is 2.97. The molecular formula is C19H24N4O2. The van der Waals surface area contributed by atoms with Gasteiger partial charge in [0.25, 0.3) is 0 Å². The zero-order valence-electron chi connectivity index (χ0n) is 14.2. The van der Waals surface area contributed by atoms with Gasteiger partial charge in [0, 0.05) is 50.0 Å². The van der Waals surface area contributed by atoms with E-state index in [0.717, 1.165) is 31.5 Å². The zero-order chi connectivity index (χ0) is 17.5. The van der Waals surface area contributed by atoms with Crippen LogP contribution in [0.4, 0.5) is 16.2 Å². The standard InChI is InChI=1S/C19H24N4O2/c24-14-16-7-11-23(12-8-16)18-3-1-15(2-4-18)13-21-19(25)22-17-5-9-20-10-6-17/h1-6,9-10,16,24H,7-8,11-14H2,(H2,20,21,22,25). The average Bonchev–Trinajstić information content (AvgIpc) is 2.68. The SMILES string of the molecule is O=C(NCc1ccc(N2CCC(CO)CC2)cc1)Nc1ccncc1. The Bertz CT molecular complexity index is 668. The van der Waals surface area contributed by atoms with Gasteiger partial charge in [0.2, 0.25) is 0 Å². The normalized spacial score (nSPS) is 15.0. The molecular weight excluding hydrogens is 316 g/mol. The van der Waals surface area contributed by atoms with Crippen molar-refractivity contribution in [1.29, 1.82) is 0 Å². The molecule has 1 aromatic carbocycles. The fraction of sp³-hybridized carbons (Fsp3) is 0.368. The summed E-state index contributed by atoms with van der Waals surface area (Å²) in [4.78, 5) is 18.1. The topological polar surface area (TPSA) is 77.5 Å². The third-order valence-electron chi connectivity index (χ3n) is 4.57. The number of aliphatic hydroxyl groups is 1. The van der Waals surface area contributed by atoms with Gasteiger partial charge in [-0.05, 0) is 48.6 Å². The van der Waals surface area contributed by atoms with Crippen LogP contribution in [0, 0.1) is 5.92 Å². The summed E-state index contributed by atoms with van der Waals surface area (Å²) >= 11 is 0. The maximum Gasteiger partial charge on any atom is 0.319 e. The lowest BCUT2D eigenvalue weighted by atomic mass is 9.97. The Morgan fingerprint density at radius 3 is 2.44 bits per heavy atom. The van der Waals surface area contributed by atoms with Crippen molar-refractivity contribution in [2.45, 2.75) is 19.4 Å². The zero-order valence-corrected chi connectivity index (χ0v) is 14.2. The lowest BCUT2D eigenvalue weighted by Gasteiger charge is -2.33. The third-order valence-corrected chi connectivity index (χ3v) is 4.57. The van der Waals surface area contributed by atoms with Crippen molar-refractivity contribution in [2.75, 3.05) is 29.9 Å². The number of hydrogen-bond donors (Lipinski definition) is 3. The van der Waals surface area contributed by atoms with Crippen molar-refractivity contribution >= 4 is 17.4 Å². The van der Waals surface area contributed by atoms with Gasteiger partial charge >= 0.3 is 6.03 Å². The van der Waals surface area contributed by atoms with Crippen LogP contribution in [0.25, 0.3) is 0 Å². The minimum absolute atomic E-state index is 0.235. The van der Waals surface area contributed by atoms with Crippen LogP contribution in [0.5, 0.6) is 0 Å². The lowest BCUT2D eigenvalue weighted by molar-refractivity contribution is 0.203. The minimum atomic E-state index is -0.235. The fourth-order valence-electron chi connectivity index (χ4n) is 2.99. The predicted octanol–water partition coefficient (Wildman–Crippen LogP) is 2.61. The number of urea groups is 1. The highest BCUT2D eigenvalue weighted by atomic mass is 16.3. The minimum Gasteiger partial charge on any atom is -0.396 e. The first-order valence-electron chi connectivity index (χ1n) is 8.64. The fourth-order valence-corrected chi connectivity index (χ4v) is 2.99. The quantitative estimate of drug-likeness (QED) is 0.782. The summed E-state index contributed by atoms with van der Waals surface area (Å²) in [5, 5.41) is 14.8. The van der Waals surface area contributed by atoms with Gasteiger partial charge in [-0.1, -0.05) is 12.1 Å². The number of amides is 2. The molecule has 2 heterocycles. The number of aromatic nitrogens is 1. The van der Waals surface area contributed by atoms with Crippen LogP contribution in [0.2, 0.25) is 0 Å². The van der Waals surface area contributed by atoms with Crippen LogP contribution in [-0.2, 0) is 6.54 Å². The van der Waals surface area contributed by atoms with Crippen LogP contribution in [0.15, 0.2) is 48.8 Å². The Balaban J connectivity index is 1.47. The molecule has 25 heavy (non-hydrogen) atoms. The van der Waals surface area contributed by atoms with E-state index in [4.69, 9.17) is 0 Å². The van der Waals surface area contributed by atoms with Crippen LogP contribution in [0.3, 0.4) is 0 Å². The molecule has 0 unspecified atom stereocenters. The Hall–Kier alpha value is -2.60. The second kappa shape index (κ2) is 8.48. The molecule has 1 saturated heterocycles. The predicted molar refractivity (Wildman–Crippen MR) is 98.6 cm³/mol. The van der Waals surface area contributed by atoms with Gasteiger partial charge in [-0.2, -0.15) is 0 Å². The molecule has 3 rings (SSSR count). The number of hydrogen-bond acceptors (Lipinski definition) is 4. The first kappa shape index (κ1) is 17.2. The third kappa shape index (κ3) is 4.93. The van der Waals surface area contributed by atoms with Crippen molar-refractivity contribution in [3.05, 3.63) is 54.4 Å². The molecule has 1 aliphatic rings. The van der Waals surface area contributed by atoms with Gasteiger partial charge in [-0.3, -0.25) is 4.98 Å². The second-order valence-corrected chi connectivity index (χ2v) is 6.32. The van der Waals surface area contributed by atoms with Crippen LogP contribution < -0.4 is 15.5 Å². The molecule has 132 valence electrons. The van der Waals surface area contributed by atoms with Gasteiger partial charge in [-0.15, -0.1) is 0 Å². The summed E-state index contributed by atoms with van der Waals surface area (Å²) in [7, 11) is 0. The molecule has 0 radical (unpaired) electrons. The molecule has 0 saturated carbocycles. The number of pyridine rings is 1. The van der Waals surface area contributed by atoms with E-state index in [0.29, 0.717) is 24.8 Å². The van der Waals surface area contributed by atoms with Crippen LogP contribution >= 0.6 is 0 Å². The second-order valence-electron chi connectivity index (χ2n) is 6.32. The largest absolute Gasteiger partial charge is 0.396 e. The highest BCUT2D eigenvalue weighted by molar-refractivity contribution is 5.89. The van der Waals surface area contributed by atoms with E-state index < -0.39 is 0 Å². The van der Waals surface area contributed by atoms with Gasteiger partial charge < -0.3 is 20.6 Å². The molecule has 1 aromatic heterocycles. The number of nitrogens with zero attached hydrogens (tertiary/aromatic N) is 2. The van der Waals surface area contributed by atoms with E-state index in [2.05, 4.69) is 32.7 Å². The lowest BCUT2D eigenvalue weighted by Crippen LogP contribution is -2.34. The molecule has 0 bridgehead atoms. The van der Waals surface area contributed by atoms with Crippen molar-refractivity contribution in [3.8, 4) is 0 Å². The number of piperidine rings is 1. The molecule has 1 aliphatic heterocycles. The number of benzene rings is 1. The number of carbonyl (C=O) groups excluding carboxylic acids is 1. The van der Waals surface area contributed by atoms with Crippen LogP contribution in [-0.4, -0.2) is 35.8 Å². The van der Waals surface area contributed by atoms with Crippen molar-refractivity contribution in [1.82, 2.24) is 10.3 Å². The van der Waals surface area contributed by atoms with E-state index in [1.807, 2.05) is 12.1 Å². The molecule has 0 spiro atoms. The van der Waals surface area contributed by atoms with Gasteiger partial charge in [0.05, 0.1) is 0 Å². The number of aliphatic hydroxyl groups excluding tert-OH is 1. The van der Waals surface area contributed by atoms with Crippen molar-refractivity contribution in [2.24, 2.45) is 5.92 Å². The molecule has 6 heteroatoms. The molecule has 6 nitrogen and oxygen atoms in total. The first-order valence-corrected chi connectivity index (χ1v) is 8.64. The van der Waals surface area contributed by atoms with E-state index in [9.17, 15) is 9.90 Å². The number of nitrogens with one attached hydrogen (secondary N) is 2. The van der Waals surface area contributed by atoms with Gasteiger partial charge in [0.1, 0.15) is 0 Å². The maximum absolute atomic E-state index is 11.9. The average molecular weight is 340 g/mol. The van der Waals surface area contributed by atoms with E-state index in [-0.39, 0.29) is 6.03 Å². The van der Waals surface area contributed by atoms with E-state index in [1.165, 1.54) is 5.69 Å². The number of rotatable bonds is 5. The first-order chi connectivity index (χ1) is 12.2. The summed E-state index contributed by atoms with van der Waals surface area (Å²) in [6.07, 6.45) is 5.35. The summed E-state index contributed by atoms with van der Waals surface area (Å²) in [6.45, 7) is 2.73. The molecule has 2 amide bonds. The highest BCUT2D eigenvalue weighted by Crippen LogP contribution is 2.23. The van der Waals surface area contributed by atoms with Crippen LogP contribution in [0.1, 0.15) is 18.4 Å². The van der Waals surface area contributed by atoms with Gasteiger partial charge in [0.15, 0.2) is 0 Å². The van der Waals surface area contributed by atoms with Gasteiger partial charge in [-0.25, -0.2) is 4.79 Å². The number of carbonyl (C=O) groups is 1. The molecule has 3 N–H and O–H groups in total. The summed E-state index contributed by atoms with van der Waals surface area (Å²) in [5.74, 6) is 0.443. The molecule has 0 atom stereocenters. The maximum atomic E-state index is 11.9. The highest BCUT2D eigenvalue weighted by Gasteiger charge is 2.18. The Labute approximate surface area is 147 Å². The Morgan fingerprint density at radius 1 is 1.12 bits per heavy atom. The summed E-state index contributed by atoms with van der Waals surface area (Å²) < 4.78 is 0. The monoisotopic (exact) mass is 340 g/mol. The van der Waals surface area contributed by atoms with E-state index in [1.54, 1.807) is 24.5 Å². The van der Waals surface area contributed by atoms with E-state index >= 15 is 0 Å². The summed E-state index contributed by atoms with van der Waals surface area (Å²) in [6, 6.07) is 11.5. The van der Waals surface area contributed by atoms with Crippen molar-refractivity contribution in [3.63, 3.8) is 0 Å². The smallest absolute Gasteiger partial charge is 0.319 e. The Morgan fingerprint density at radius 2 is 1.80 bits per heavy atom. The van der Waals surface area contributed by atoms with Crippen molar-refractivity contribution < 1.29 is 9.90 Å². The molecule has 0 aliphatic carbocycles. The molecule has 1 fully saturated rings.